The van der Waals surface area contributed by atoms with Gasteiger partial charge in [0.05, 0.1) is 10.5 Å². The van der Waals surface area contributed by atoms with Crippen LogP contribution in [0.3, 0.4) is 0 Å². The van der Waals surface area contributed by atoms with Crippen molar-refractivity contribution >= 4 is 44.4 Å². The number of aromatic amines is 1. The van der Waals surface area contributed by atoms with E-state index >= 15 is 0 Å². The lowest BCUT2D eigenvalue weighted by Gasteiger charge is -2.11. The Bertz CT molecular complexity index is 1390. The SMILES string of the molecule is O=C(/C=C/c1ccc(Br)cc1)c1c(-c2ccccc2)c2cc([N+](=O)[O-])ccc2[nH]c1=O. The Balaban J connectivity index is 1.94. The van der Waals surface area contributed by atoms with Gasteiger partial charge in [0.1, 0.15) is 0 Å². The molecule has 0 aliphatic heterocycles. The molecule has 0 aliphatic carbocycles. The van der Waals surface area contributed by atoms with E-state index in [-0.39, 0.29) is 11.3 Å². The lowest BCUT2D eigenvalue weighted by Crippen LogP contribution is -2.18. The molecule has 1 heterocycles. The van der Waals surface area contributed by atoms with Gasteiger partial charge in [0.15, 0.2) is 5.78 Å². The Kier molecular flexibility index (Phi) is 5.60. The van der Waals surface area contributed by atoms with E-state index in [2.05, 4.69) is 20.9 Å². The Hall–Kier alpha value is -3.84. The van der Waals surface area contributed by atoms with Gasteiger partial charge in [-0.15, -0.1) is 0 Å². The number of nitrogens with one attached hydrogen (secondary N) is 1. The summed E-state index contributed by atoms with van der Waals surface area (Å²) in [5.41, 5.74) is 1.47. The molecular weight excluding hydrogens is 460 g/mol. The number of H-pyrrole nitrogens is 1. The van der Waals surface area contributed by atoms with Gasteiger partial charge in [-0.2, -0.15) is 0 Å². The molecule has 0 spiro atoms. The molecule has 152 valence electrons. The number of allylic oxidation sites excluding steroid dienone is 1. The van der Waals surface area contributed by atoms with Crippen molar-refractivity contribution in [2.45, 2.75) is 0 Å². The summed E-state index contributed by atoms with van der Waals surface area (Å²) in [5, 5.41) is 11.7. The van der Waals surface area contributed by atoms with Crippen LogP contribution in [0.5, 0.6) is 0 Å². The number of nitrogens with zero attached hydrogens (tertiary/aromatic N) is 1. The summed E-state index contributed by atoms with van der Waals surface area (Å²) in [6, 6.07) is 20.5. The maximum absolute atomic E-state index is 13.1. The van der Waals surface area contributed by atoms with Gasteiger partial charge in [0.2, 0.25) is 0 Å². The highest BCUT2D eigenvalue weighted by molar-refractivity contribution is 9.10. The number of ketones is 1. The summed E-state index contributed by atoms with van der Waals surface area (Å²) < 4.78 is 0.912. The standard InChI is InChI=1S/C24H15BrN2O4/c25-17-9-6-15(7-10-17)8-13-21(28)23-22(16-4-2-1-3-5-16)19-14-18(27(30)31)11-12-20(19)26-24(23)29/h1-14H,(H,26,29)/b13-8+. The van der Waals surface area contributed by atoms with E-state index in [9.17, 15) is 19.7 Å². The highest BCUT2D eigenvalue weighted by Gasteiger charge is 2.21. The summed E-state index contributed by atoms with van der Waals surface area (Å²) in [6.45, 7) is 0. The third-order valence-corrected chi connectivity index (χ3v) is 5.34. The number of benzene rings is 3. The molecule has 3 aromatic carbocycles. The number of nitro benzene ring substituents is 1. The number of rotatable bonds is 5. The molecule has 0 amide bonds. The van der Waals surface area contributed by atoms with Crippen LogP contribution in [-0.2, 0) is 0 Å². The molecule has 31 heavy (non-hydrogen) atoms. The van der Waals surface area contributed by atoms with Crippen molar-refractivity contribution in [3.8, 4) is 11.1 Å². The van der Waals surface area contributed by atoms with E-state index in [1.54, 1.807) is 30.3 Å². The Labute approximate surface area is 185 Å². The fourth-order valence-electron chi connectivity index (χ4n) is 3.36. The van der Waals surface area contributed by atoms with Crippen LogP contribution in [0.4, 0.5) is 5.69 Å². The van der Waals surface area contributed by atoms with Gasteiger partial charge in [0.25, 0.3) is 11.2 Å². The van der Waals surface area contributed by atoms with Crippen molar-refractivity contribution in [2.24, 2.45) is 0 Å². The van der Waals surface area contributed by atoms with Gasteiger partial charge in [-0.3, -0.25) is 19.7 Å². The molecule has 0 unspecified atom stereocenters. The number of carbonyl (C=O) groups is 1. The number of hydrogen-bond acceptors (Lipinski definition) is 4. The minimum Gasteiger partial charge on any atom is -0.321 e. The molecule has 0 bridgehead atoms. The molecule has 0 saturated carbocycles. The zero-order valence-corrected chi connectivity index (χ0v) is 17.6. The summed E-state index contributed by atoms with van der Waals surface area (Å²) in [7, 11) is 0. The zero-order valence-electron chi connectivity index (χ0n) is 16.0. The molecule has 0 atom stereocenters. The number of non-ortho nitro benzene ring substituents is 1. The molecule has 0 radical (unpaired) electrons. The number of hydrogen-bond donors (Lipinski definition) is 1. The highest BCUT2D eigenvalue weighted by atomic mass is 79.9. The minimum absolute atomic E-state index is 0.0624. The first-order valence-electron chi connectivity index (χ1n) is 9.32. The van der Waals surface area contributed by atoms with Crippen molar-refractivity contribution in [1.82, 2.24) is 4.98 Å². The van der Waals surface area contributed by atoms with Gasteiger partial charge in [-0.05, 0) is 35.4 Å². The monoisotopic (exact) mass is 474 g/mol. The van der Waals surface area contributed by atoms with Crippen LogP contribution in [0.25, 0.3) is 28.1 Å². The van der Waals surface area contributed by atoms with Crippen LogP contribution in [0.1, 0.15) is 15.9 Å². The summed E-state index contributed by atoms with van der Waals surface area (Å²) in [4.78, 5) is 39.5. The average molecular weight is 475 g/mol. The largest absolute Gasteiger partial charge is 0.321 e. The third kappa shape index (κ3) is 4.22. The van der Waals surface area contributed by atoms with E-state index in [1.807, 2.05) is 30.3 Å². The van der Waals surface area contributed by atoms with Crippen molar-refractivity contribution in [1.29, 1.82) is 0 Å². The Morgan fingerprint density at radius 3 is 2.39 bits per heavy atom. The normalized spacial score (nSPS) is 11.1. The second kappa shape index (κ2) is 8.49. The van der Waals surface area contributed by atoms with E-state index in [0.717, 1.165) is 10.0 Å². The molecule has 0 fully saturated rings. The van der Waals surface area contributed by atoms with E-state index in [0.29, 0.717) is 22.0 Å². The number of carbonyl (C=O) groups excluding carboxylic acids is 1. The molecule has 0 saturated heterocycles. The molecule has 4 aromatic rings. The Morgan fingerprint density at radius 1 is 1.00 bits per heavy atom. The van der Waals surface area contributed by atoms with Gasteiger partial charge in [-0.25, -0.2) is 0 Å². The molecule has 7 heteroatoms. The Morgan fingerprint density at radius 2 is 1.71 bits per heavy atom. The van der Waals surface area contributed by atoms with Crippen LogP contribution >= 0.6 is 15.9 Å². The first kappa shape index (κ1) is 20.4. The van der Waals surface area contributed by atoms with Crippen molar-refractivity contribution < 1.29 is 9.72 Å². The van der Waals surface area contributed by atoms with Crippen LogP contribution in [0, 0.1) is 10.1 Å². The summed E-state index contributed by atoms with van der Waals surface area (Å²) >= 11 is 3.36. The first-order chi connectivity index (χ1) is 14.9. The fraction of sp³-hybridized carbons (Fsp3) is 0. The molecule has 1 aromatic heterocycles. The van der Waals surface area contributed by atoms with Gasteiger partial charge in [0, 0.05) is 33.1 Å². The summed E-state index contributed by atoms with van der Waals surface area (Å²) in [5.74, 6) is -0.489. The lowest BCUT2D eigenvalue weighted by atomic mass is 9.93. The van der Waals surface area contributed by atoms with E-state index < -0.39 is 16.3 Å². The van der Waals surface area contributed by atoms with E-state index in [4.69, 9.17) is 0 Å². The van der Waals surface area contributed by atoms with Crippen LogP contribution in [-0.4, -0.2) is 15.7 Å². The van der Waals surface area contributed by atoms with Gasteiger partial charge >= 0.3 is 0 Å². The van der Waals surface area contributed by atoms with Crippen molar-refractivity contribution in [2.75, 3.05) is 0 Å². The quantitative estimate of drug-likeness (QED) is 0.172. The summed E-state index contributed by atoms with van der Waals surface area (Å²) in [6.07, 6.45) is 2.96. The molecular formula is C24H15BrN2O4. The second-order valence-electron chi connectivity index (χ2n) is 6.81. The van der Waals surface area contributed by atoms with Crippen molar-refractivity contribution in [3.05, 3.63) is 115 Å². The first-order valence-corrected chi connectivity index (χ1v) is 10.1. The number of halogens is 1. The zero-order chi connectivity index (χ0) is 22.0. The van der Waals surface area contributed by atoms with Gasteiger partial charge < -0.3 is 4.98 Å². The number of aromatic nitrogens is 1. The maximum atomic E-state index is 13.1. The second-order valence-corrected chi connectivity index (χ2v) is 7.72. The maximum Gasteiger partial charge on any atom is 0.270 e. The number of pyridine rings is 1. The molecule has 0 aliphatic rings. The highest BCUT2D eigenvalue weighted by Crippen LogP contribution is 2.32. The predicted molar refractivity (Wildman–Crippen MR) is 124 cm³/mol. The minimum atomic E-state index is -0.550. The third-order valence-electron chi connectivity index (χ3n) is 4.81. The lowest BCUT2D eigenvalue weighted by molar-refractivity contribution is -0.384. The van der Waals surface area contributed by atoms with Gasteiger partial charge in [-0.1, -0.05) is 64.5 Å². The van der Waals surface area contributed by atoms with Crippen molar-refractivity contribution in [3.63, 3.8) is 0 Å². The predicted octanol–water partition coefficient (Wildman–Crippen LogP) is 5.76. The number of nitro groups is 1. The van der Waals surface area contributed by atoms with E-state index in [1.165, 1.54) is 24.3 Å². The van der Waals surface area contributed by atoms with Crippen LogP contribution < -0.4 is 5.56 Å². The van der Waals surface area contributed by atoms with Crippen LogP contribution in [0.2, 0.25) is 0 Å². The average Bonchev–Trinajstić information content (AvgIpc) is 2.77. The smallest absolute Gasteiger partial charge is 0.270 e. The molecule has 6 nitrogen and oxygen atoms in total. The molecule has 4 rings (SSSR count). The van der Waals surface area contributed by atoms with Crippen LogP contribution in [0.15, 0.2) is 88.1 Å². The number of fused-ring (bicyclic) bond motifs is 1. The molecule has 1 N–H and O–H groups in total. The topological polar surface area (TPSA) is 93.1 Å². The fourth-order valence-corrected chi connectivity index (χ4v) is 3.63.